The first-order valence-electron chi connectivity index (χ1n) is 18.6. The summed E-state index contributed by atoms with van der Waals surface area (Å²) in [7, 11) is 0. The van der Waals surface area contributed by atoms with Crippen LogP contribution in [0, 0.1) is 24.7 Å². The van der Waals surface area contributed by atoms with Crippen molar-refractivity contribution in [3.63, 3.8) is 0 Å². The fourth-order valence-electron chi connectivity index (χ4n) is 6.80. The number of nitrogen functional groups attached to an aromatic ring is 2. The van der Waals surface area contributed by atoms with Crippen molar-refractivity contribution in [3.05, 3.63) is 85.5 Å². The maximum absolute atomic E-state index is 10.1. The average Bonchev–Trinajstić information content (AvgIpc) is 3.95. The van der Waals surface area contributed by atoms with E-state index in [2.05, 4.69) is 68.6 Å². The van der Waals surface area contributed by atoms with E-state index in [0.717, 1.165) is 74.1 Å². The van der Waals surface area contributed by atoms with Crippen LogP contribution in [0.15, 0.2) is 85.5 Å². The van der Waals surface area contributed by atoms with Crippen LogP contribution in [-0.2, 0) is 0 Å². The second kappa shape index (κ2) is 20.8. The number of hydrogen-bond donors (Lipinski definition) is 5. The number of likely N-dealkylation sites (tertiary alicyclic amines) is 1. The van der Waals surface area contributed by atoms with Crippen LogP contribution in [-0.4, -0.2) is 93.1 Å². The number of alkyl halides is 1. The molecule has 2 aliphatic heterocycles. The van der Waals surface area contributed by atoms with Gasteiger partial charge in [0, 0.05) is 58.9 Å². The molecule has 0 atom stereocenters. The highest BCUT2D eigenvalue weighted by atomic mass is 79.9. The maximum Gasteiger partial charge on any atom is 0.154 e. The number of nitrogens with two attached hydrogens (primary N) is 2. The van der Waals surface area contributed by atoms with Gasteiger partial charge in [-0.15, -0.1) is 33.2 Å². The third-order valence-electron chi connectivity index (χ3n) is 9.84. The minimum atomic E-state index is 0. The van der Waals surface area contributed by atoms with Crippen molar-refractivity contribution in [2.45, 2.75) is 45.2 Å². The Hall–Kier alpha value is -6.26. The number of halogens is 1. The largest absolute Gasteiger partial charge is 0.507 e. The number of terminal acetylenes is 2. The summed E-state index contributed by atoms with van der Waals surface area (Å²) in [6.07, 6.45) is 21.9. The Labute approximate surface area is 347 Å². The lowest BCUT2D eigenvalue weighted by atomic mass is 10.0. The predicted octanol–water partition coefficient (Wildman–Crippen LogP) is 6.44. The molecule has 0 saturated carbocycles. The number of para-hydroxylation sites is 2. The van der Waals surface area contributed by atoms with Crippen molar-refractivity contribution in [3.8, 4) is 81.0 Å². The highest BCUT2D eigenvalue weighted by Gasteiger charge is 2.22. The fraction of sp³-hybridized carbons (Fsp3) is 0.302. The number of aromatic hydroxyl groups is 2. The molecule has 0 bridgehead atoms. The molecule has 58 heavy (non-hydrogen) atoms. The number of benzene rings is 2. The molecule has 2 saturated heterocycles. The maximum atomic E-state index is 10.1. The summed E-state index contributed by atoms with van der Waals surface area (Å²) >= 11 is 3.01. The molecule has 300 valence electrons. The molecular formula is C43H49BrN12O2. The Balaban J connectivity index is 0.000000200. The molecule has 14 nitrogen and oxygen atoms in total. The van der Waals surface area contributed by atoms with Crippen molar-refractivity contribution in [2.24, 2.45) is 0 Å². The van der Waals surface area contributed by atoms with Crippen LogP contribution in [0.4, 0.5) is 11.6 Å². The lowest BCUT2D eigenvalue weighted by Crippen LogP contribution is -2.34. The smallest absolute Gasteiger partial charge is 0.154 e. The Kier molecular flexibility index (Phi) is 15.4. The van der Waals surface area contributed by atoms with E-state index >= 15 is 0 Å². The highest BCUT2D eigenvalue weighted by molar-refractivity contribution is 9.09. The predicted molar refractivity (Wildman–Crippen MR) is 234 cm³/mol. The average molecular weight is 846 g/mol. The Morgan fingerprint density at radius 1 is 0.690 bits per heavy atom. The van der Waals surface area contributed by atoms with Gasteiger partial charge in [-0.2, -0.15) is 10.2 Å². The molecule has 4 aromatic heterocycles. The van der Waals surface area contributed by atoms with Gasteiger partial charge in [-0.05, 0) is 75.2 Å². The first-order valence-corrected chi connectivity index (χ1v) is 19.7. The second-order valence-electron chi connectivity index (χ2n) is 13.5. The Morgan fingerprint density at radius 2 is 1.14 bits per heavy atom. The van der Waals surface area contributed by atoms with Crippen LogP contribution in [0.3, 0.4) is 0 Å². The molecule has 0 amide bonds. The molecule has 2 aromatic carbocycles. The summed E-state index contributed by atoms with van der Waals surface area (Å²) in [6.45, 7) is 4.67. The molecule has 15 heteroatoms. The second-order valence-corrected chi connectivity index (χ2v) is 14.1. The Morgan fingerprint density at radius 3 is 1.57 bits per heavy atom. The zero-order chi connectivity index (χ0) is 40.1. The highest BCUT2D eigenvalue weighted by Crippen LogP contribution is 2.34. The normalized spacial score (nSPS) is 14.4. The quantitative estimate of drug-likeness (QED) is 0.0874. The molecule has 7 N–H and O–H groups in total. The van der Waals surface area contributed by atoms with Crippen molar-refractivity contribution in [1.82, 2.24) is 50.2 Å². The van der Waals surface area contributed by atoms with Gasteiger partial charge < -0.3 is 27.0 Å². The van der Waals surface area contributed by atoms with E-state index in [1.165, 1.54) is 0 Å². The minimum absolute atomic E-state index is 0. The molecule has 0 radical (unpaired) electrons. The molecule has 6 heterocycles. The topological polar surface area (TPSA) is 195 Å². The third-order valence-corrected chi connectivity index (χ3v) is 10.2. The number of anilines is 2. The molecule has 0 unspecified atom stereocenters. The first-order chi connectivity index (χ1) is 27.8. The first kappa shape index (κ1) is 42.9. The summed E-state index contributed by atoms with van der Waals surface area (Å²) in [4.78, 5) is 2.28. The van der Waals surface area contributed by atoms with Crippen molar-refractivity contribution in [2.75, 3.05) is 49.5 Å². The van der Waals surface area contributed by atoms with Crippen LogP contribution in [0.25, 0.3) is 44.8 Å². The van der Waals surface area contributed by atoms with Crippen LogP contribution in [0.5, 0.6) is 11.5 Å². The number of nitrogens with zero attached hydrogens (tertiary/aromatic N) is 9. The fourth-order valence-corrected chi connectivity index (χ4v) is 6.80. The number of phenols is 2. The van der Waals surface area contributed by atoms with E-state index in [9.17, 15) is 10.2 Å². The molecular weight excluding hydrogens is 796 g/mol. The molecule has 0 aliphatic carbocycles. The van der Waals surface area contributed by atoms with Gasteiger partial charge in [-0.3, -0.25) is 14.3 Å². The number of hydrogen-bond acceptors (Lipinski definition) is 12. The van der Waals surface area contributed by atoms with E-state index in [0.29, 0.717) is 58.1 Å². The van der Waals surface area contributed by atoms with E-state index < -0.39 is 0 Å². The van der Waals surface area contributed by atoms with Gasteiger partial charge in [0.25, 0.3) is 0 Å². The number of piperidine rings is 2. The van der Waals surface area contributed by atoms with Crippen LogP contribution < -0.4 is 16.8 Å². The van der Waals surface area contributed by atoms with Crippen molar-refractivity contribution in [1.29, 1.82) is 0 Å². The molecule has 2 fully saturated rings. The summed E-state index contributed by atoms with van der Waals surface area (Å²) in [5.74, 6) is 6.06. The van der Waals surface area contributed by atoms with Crippen LogP contribution in [0.1, 0.15) is 45.2 Å². The van der Waals surface area contributed by atoms with Gasteiger partial charge in [-0.1, -0.05) is 59.5 Å². The van der Waals surface area contributed by atoms with E-state index in [-0.39, 0.29) is 18.9 Å². The summed E-state index contributed by atoms with van der Waals surface area (Å²) in [5.41, 5.74) is 17.8. The lowest BCUT2D eigenvalue weighted by Gasteiger charge is -2.30. The van der Waals surface area contributed by atoms with Gasteiger partial charge >= 0.3 is 0 Å². The lowest BCUT2D eigenvalue weighted by molar-refractivity contribution is 0.197. The monoisotopic (exact) mass is 844 g/mol. The molecule has 6 aromatic rings. The number of phenolic OH excluding ortho intramolecular Hbond substituents is 2. The van der Waals surface area contributed by atoms with Gasteiger partial charge in [0.15, 0.2) is 11.6 Å². The van der Waals surface area contributed by atoms with Crippen LogP contribution in [0.2, 0.25) is 0 Å². The van der Waals surface area contributed by atoms with E-state index in [1.54, 1.807) is 42.6 Å². The zero-order valence-electron chi connectivity index (χ0n) is 31.4. The summed E-state index contributed by atoms with van der Waals surface area (Å²) in [6, 6.07) is 18.5. The van der Waals surface area contributed by atoms with Gasteiger partial charge in [0.05, 0.1) is 47.7 Å². The van der Waals surface area contributed by atoms with Crippen molar-refractivity contribution < 1.29 is 10.2 Å². The Bertz CT molecular complexity index is 2330. The molecule has 8 rings (SSSR count). The number of nitrogens with one attached hydrogen (secondary N) is 1. The van der Waals surface area contributed by atoms with E-state index in [1.807, 2.05) is 52.2 Å². The number of aromatic nitrogens is 8. The molecule has 0 spiro atoms. The number of rotatable bonds is 7. The van der Waals surface area contributed by atoms with Crippen LogP contribution >= 0.6 is 15.9 Å². The van der Waals surface area contributed by atoms with Gasteiger partial charge in [0.1, 0.15) is 11.5 Å². The minimum Gasteiger partial charge on any atom is -0.507 e. The molecule has 2 aliphatic rings. The summed E-state index contributed by atoms with van der Waals surface area (Å²) in [5, 5.41) is 49.6. The van der Waals surface area contributed by atoms with E-state index in [4.69, 9.17) is 24.3 Å². The zero-order valence-corrected chi connectivity index (χ0v) is 33.0. The summed E-state index contributed by atoms with van der Waals surface area (Å²) < 4.78 is 4.01. The SMILES string of the molecule is C.C#CCBr.C#CCN1CCC(n2cc(-c3cc(-c4ccccc4O)nnc3N)cn2)CC1.Nc1nnc(-c2ccccc2O)cc1-c1cnn(C2CCNCC2)c1. The standard InChI is InChI=1S/C21H22N6O.C18H20N6O.C3H3Br.CH4/c1-2-9-26-10-7-16(8-11-26)27-14-15(13-23-27)18-12-19(24-25-21(18)22)17-5-3-4-6-20(17)28;19-18-15(9-16(22-23-18)14-3-1-2-4-17(14)25)12-10-21-24(11-12)13-5-7-20-8-6-13;1-2-3-4;/h1,3-6,12-14,16,28H,7-11H2,(H2,22,25);1-4,9-11,13,20,25H,5-8H2,(H2,19,23);1H,3H2;1H4. The van der Waals surface area contributed by atoms with Crippen molar-refractivity contribution >= 4 is 27.6 Å². The van der Waals surface area contributed by atoms with Gasteiger partial charge in [0.2, 0.25) is 0 Å². The van der Waals surface area contributed by atoms with Gasteiger partial charge in [-0.25, -0.2) is 0 Å². The third kappa shape index (κ3) is 10.6.